The molecule has 3 aromatic rings. The van der Waals surface area contributed by atoms with Crippen molar-refractivity contribution in [3.8, 4) is 0 Å². The van der Waals surface area contributed by atoms with Gasteiger partial charge in [-0.15, -0.1) is 0 Å². The number of rotatable bonds is 1. The summed E-state index contributed by atoms with van der Waals surface area (Å²) in [5.74, 6) is -13.3. The fourth-order valence-corrected chi connectivity index (χ4v) is 3.65. The third-order valence-electron chi connectivity index (χ3n) is 4.13. The van der Waals surface area contributed by atoms with Crippen LogP contribution in [0, 0.1) is 29.1 Å². The lowest BCUT2D eigenvalue weighted by Crippen LogP contribution is -2.34. The lowest BCUT2D eigenvalue weighted by atomic mass is 9.95. The molecule has 4 rings (SSSR count). The Bertz CT molecular complexity index is 1340. The highest BCUT2D eigenvalue weighted by Crippen LogP contribution is 2.31. The first-order valence-electron chi connectivity index (χ1n) is 7.92. The number of imide groups is 1. The number of carbonyl (C=O) groups excluding carboxylic acids is 2. The Morgan fingerprint density at radius 1 is 0.774 bits per heavy atom. The number of halogens is 6. The fourth-order valence-electron chi connectivity index (χ4n) is 2.80. The molecule has 13 heteroatoms. The van der Waals surface area contributed by atoms with Crippen LogP contribution in [0.2, 0.25) is 5.02 Å². The highest BCUT2D eigenvalue weighted by atomic mass is 35.5. The molecule has 1 aliphatic rings. The van der Waals surface area contributed by atoms with Gasteiger partial charge >= 0.3 is 10.1 Å². The molecule has 2 amide bonds. The zero-order valence-corrected chi connectivity index (χ0v) is 16.2. The van der Waals surface area contributed by atoms with Gasteiger partial charge in [0.1, 0.15) is 0 Å². The number of hydrogen-bond donors (Lipinski definition) is 2. The number of carbonyl (C=O) groups is 2. The molecule has 0 radical (unpaired) electrons. The van der Waals surface area contributed by atoms with Gasteiger partial charge in [-0.1, -0.05) is 23.7 Å². The van der Waals surface area contributed by atoms with Crippen molar-refractivity contribution >= 4 is 44.3 Å². The van der Waals surface area contributed by atoms with Gasteiger partial charge in [0.2, 0.25) is 5.82 Å². The molecule has 0 bridgehead atoms. The van der Waals surface area contributed by atoms with Gasteiger partial charge in [-0.2, -0.15) is 8.42 Å². The van der Waals surface area contributed by atoms with Crippen molar-refractivity contribution in [2.75, 3.05) is 0 Å². The normalized spacial score (nSPS) is 13.0. The van der Waals surface area contributed by atoms with Crippen molar-refractivity contribution in [2.45, 2.75) is 4.90 Å². The summed E-state index contributed by atoms with van der Waals surface area (Å²) in [5, 5.41) is 4.22. The topological polar surface area (TPSA) is 101 Å². The highest BCUT2D eigenvalue weighted by molar-refractivity contribution is 7.85. The van der Waals surface area contributed by atoms with Crippen LogP contribution >= 0.6 is 11.6 Å². The van der Waals surface area contributed by atoms with Crippen LogP contribution < -0.4 is 5.32 Å². The Hall–Kier alpha value is -3.09. The Morgan fingerprint density at radius 2 is 1.26 bits per heavy atom. The van der Waals surface area contributed by atoms with Gasteiger partial charge in [-0.05, 0) is 18.2 Å². The molecular formula is C18H7ClF5NO5S. The Kier molecular flexibility index (Phi) is 5.74. The van der Waals surface area contributed by atoms with Crippen LogP contribution in [0.5, 0.6) is 0 Å². The predicted molar refractivity (Wildman–Crippen MR) is 96.8 cm³/mol. The predicted octanol–water partition coefficient (Wildman–Crippen LogP) is 4.01. The minimum absolute atomic E-state index is 0.370. The number of benzene rings is 3. The maximum atomic E-state index is 12.6. The summed E-state index contributed by atoms with van der Waals surface area (Å²) in [6, 6.07) is 8.54. The summed E-state index contributed by atoms with van der Waals surface area (Å²) in [4.78, 5) is 21.0. The summed E-state index contributed by atoms with van der Waals surface area (Å²) in [6.45, 7) is 0. The molecule has 1 aliphatic heterocycles. The van der Waals surface area contributed by atoms with Crippen molar-refractivity contribution in [1.82, 2.24) is 5.32 Å². The number of nitrogens with one attached hydrogen (secondary N) is 1. The maximum absolute atomic E-state index is 12.6. The number of amides is 2. The Labute approximate surface area is 175 Å². The third-order valence-corrected chi connectivity index (χ3v) is 5.34. The molecule has 0 saturated carbocycles. The number of hydrogen-bond acceptors (Lipinski definition) is 4. The van der Waals surface area contributed by atoms with E-state index in [1.54, 1.807) is 30.3 Å². The molecule has 0 aliphatic carbocycles. The van der Waals surface area contributed by atoms with Gasteiger partial charge < -0.3 is 0 Å². The van der Waals surface area contributed by atoms with E-state index in [4.69, 9.17) is 16.2 Å². The van der Waals surface area contributed by atoms with E-state index in [0.717, 1.165) is 5.39 Å². The first-order chi connectivity index (χ1) is 14.4. The molecule has 2 N–H and O–H groups in total. The molecule has 162 valence electrons. The molecule has 0 saturated heterocycles. The average molecular weight is 480 g/mol. The molecule has 0 atom stereocenters. The first-order valence-corrected chi connectivity index (χ1v) is 9.73. The minimum atomic E-state index is -5.52. The second-order valence-electron chi connectivity index (χ2n) is 5.98. The van der Waals surface area contributed by atoms with Crippen molar-refractivity contribution in [2.24, 2.45) is 0 Å². The van der Waals surface area contributed by atoms with Crippen molar-refractivity contribution in [1.29, 1.82) is 0 Å². The van der Waals surface area contributed by atoms with Crippen LogP contribution in [0.15, 0.2) is 35.2 Å². The molecule has 0 fully saturated rings. The van der Waals surface area contributed by atoms with E-state index in [9.17, 15) is 40.0 Å². The second kappa shape index (κ2) is 7.87. The smallest absolute Gasteiger partial charge is 0.288 e. The second-order valence-corrected chi connectivity index (χ2v) is 7.75. The van der Waals surface area contributed by atoms with E-state index in [0.29, 0.717) is 21.5 Å². The van der Waals surface area contributed by atoms with E-state index in [1.807, 2.05) is 0 Å². The molecule has 0 spiro atoms. The van der Waals surface area contributed by atoms with Gasteiger partial charge in [0.15, 0.2) is 28.2 Å². The quantitative estimate of drug-likeness (QED) is 0.181. The van der Waals surface area contributed by atoms with E-state index < -0.39 is 44.1 Å². The van der Waals surface area contributed by atoms with Gasteiger partial charge in [-0.25, -0.2) is 22.0 Å². The van der Waals surface area contributed by atoms with Crippen LogP contribution in [0.25, 0.3) is 10.8 Å². The van der Waals surface area contributed by atoms with Gasteiger partial charge in [0, 0.05) is 26.9 Å². The Balaban J connectivity index is 0.000000176. The maximum Gasteiger partial charge on any atom is 0.300 e. The van der Waals surface area contributed by atoms with E-state index >= 15 is 0 Å². The summed E-state index contributed by atoms with van der Waals surface area (Å²) < 4.78 is 91.3. The Morgan fingerprint density at radius 3 is 1.77 bits per heavy atom. The van der Waals surface area contributed by atoms with Crippen LogP contribution in [0.4, 0.5) is 22.0 Å². The summed E-state index contributed by atoms with van der Waals surface area (Å²) >= 11 is 6.03. The lowest BCUT2D eigenvalue weighted by molar-refractivity contribution is 0.0845. The largest absolute Gasteiger partial charge is 0.300 e. The highest BCUT2D eigenvalue weighted by Gasteiger charge is 2.32. The van der Waals surface area contributed by atoms with E-state index in [-0.39, 0.29) is 11.8 Å². The summed E-state index contributed by atoms with van der Waals surface area (Å²) in [5.41, 5.74) is 0.990. The van der Waals surface area contributed by atoms with Crippen LogP contribution in [-0.4, -0.2) is 24.8 Å². The average Bonchev–Trinajstić information content (AvgIpc) is 2.69. The first kappa shape index (κ1) is 22.6. The molecular weight excluding hydrogens is 473 g/mol. The minimum Gasteiger partial charge on any atom is -0.288 e. The van der Waals surface area contributed by atoms with Crippen molar-refractivity contribution < 1.29 is 44.5 Å². The fraction of sp³-hybridized carbons (Fsp3) is 0. The van der Waals surface area contributed by atoms with Gasteiger partial charge in [-0.3, -0.25) is 19.5 Å². The zero-order valence-electron chi connectivity index (χ0n) is 14.6. The van der Waals surface area contributed by atoms with Gasteiger partial charge in [0.05, 0.1) is 0 Å². The van der Waals surface area contributed by atoms with Crippen LogP contribution in [0.1, 0.15) is 20.7 Å². The summed E-state index contributed by atoms with van der Waals surface area (Å²) in [6.07, 6.45) is 0. The van der Waals surface area contributed by atoms with Gasteiger partial charge in [0.25, 0.3) is 11.8 Å². The van der Waals surface area contributed by atoms with E-state index in [2.05, 4.69) is 5.32 Å². The molecule has 3 aromatic carbocycles. The monoisotopic (exact) mass is 479 g/mol. The SMILES string of the molecule is O=C1NC(=O)c2ccc(Cl)c3cccc1c23.O=S(=O)(O)c1c(F)c(F)c(F)c(F)c1F. The molecule has 1 heterocycles. The molecule has 31 heavy (non-hydrogen) atoms. The molecule has 0 aromatic heterocycles. The lowest BCUT2D eigenvalue weighted by Gasteiger charge is -2.16. The van der Waals surface area contributed by atoms with Crippen molar-refractivity contribution in [3.05, 3.63) is 75.6 Å². The van der Waals surface area contributed by atoms with Crippen molar-refractivity contribution in [3.63, 3.8) is 0 Å². The molecule has 6 nitrogen and oxygen atoms in total. The van der Waals surface area contributed by atoms with E-state index in [1.165, 1.54) is 0 Å². The summed E-state index contributed by atoms with van der Waals surface area (Å²) in [7, 11) is -5.52. The standard InChI is InChI=1S/C12H6ClNO2.C6HF5O3S/c13-9-5-4-8-10-6(9)2-1-3-7(10)11(15)14-12(8)16;7-1-2(8)4(10)6(15(12,13)14)5(11)3(1)9/h1-5H,(H,14,15,16);(H,12,13,14). The third kappa shape index (κ3) is 3.84. The van der Waals surface area contributed by atoms with Crippen LogP contribution in [-0.2, 0) is 10.1 Å². The van der Waals surface area contributed by atoms with Crippen LogP contribution in [0.3, 0.4) is 0 Å². The zero-order chi connectivity index (χ0) is 23.2. The molecule has 0 unspecified atom stereocenters.